The van der Waals surface area contributed by atoms with Crippen molar-refractivity contribution < 1.29 is 22.7 Å². The quantitative estimate of drug-likeness (QED) is 0.482. The van der Waals surface area contributed by atoms with Gasteiger partial charge in [-0.25, -0.2) is 4.68 Å². The van der Waals surface area contributed by atoms with Crippen molar-refractivity contribution in [3.8, 4) is 5.75 Å². The molecule has 0 saturated heterocycles. The fourth-order valence-corrected chi connectivity index (χ4v) is 4.76. The highest BCUT2D eigenvalue weighted by atomic mass is 32.2. The molecule has 0 saturated carbocycles. The second-order valence-corrected chi connectivity index (χ2v) is 8.81. The summed E-state index contributed by atoms with van der Waals surface area (Å²) in [5.41, 5.74) is 3.41. The molecule has 2 heterocycles. The number of anilines is 1. The Bertz CT molecular complexity index is 1150. The van der Waals surface area contributed by atoms with E-state index in [-0.39, 0.29) is 5.69 Å². The monoisotopic (exact) mass is 491 g/mol. The van der Waals surface area contributed by atoms with Gasteiger partial charge in [0.25, 0.3) is 0 Å². The Morgan fingerprint density at radius 3 is 2.62 bits per heavy atom. The van der Waals surface area contributed by atoms with E-state index < -0.39 is 28.9 Å². The predicted octanol–water partition coefficient (Wildman–Crippen LogP) is 5.05. The lowest BCUT2D eigenvalue weighted by Gasteiger charge is -2.33. The fraction of sp³-hybridized carbons (Fsp3) is 0.348. The molecular weight excluding hydrogens is 467 g/mol. The van der Waals surface area contributed by atoms with Gasteiger partial charge in [0.15, 0.2) is 5.82 Å². The summed E-state index contributed by atoms with van der Waals surface area (Å²) in [6.45, 7) is 4.46. The van der Waals surface area contributed by atoms with Gasteiger partial charge in [-0.1, -0.05) is 36.9 Å². The zero-order chi connectivity index (χ0) is 24.3. The van der Waals surface area contributed by atoms with Crippen LogP contribution in [0.5, 0.6) is 5.75 Å². The minimum Gasteiger partial charge on any atom is -0.494 e. The van der Waals surface area contributed by atoms with Gasteiger partial charge < -0.3 is 15.5 Å². The molecule has 4 rings (SSSR count). The van der Waals surface area contributed by atoms with Gasteiger partial charge in [0, 0.05) is 12.1 Å². The molecule has 1 aliphatic heterocycles. The molecule has 0 fully saturated rings. The van der Waals surface area contributed by atoms with Crippen LogP contribution in [0.3, 0.4) is 0 Å². The number of aromatic nitrogens is 3. The largest absolute Gasteiger partial charge is 0.494 e. The number of ether oxygens (including phenoxy) is 1. The maximum Gasteiger partial charge on any atom is 0.416 e. The van der Waals surface area contributed by atoms with E-state index in [4.69, 9.17) is 4.74 Å². The van der Waals surface area contributed by atoms with Crippen molar-refractivity contribution in [3.63, 3.8) is 0 Å². The lowest BCUT2D eigenvalue weighted by atomic mass is 10.0. The van der Waals surface area contributed by atoms with Crippen LogP contribution in [0.4, 0.5) is 18.9 Å². The molecular formula is C23H24F3N5O2S. The Morgan fingerprint density at radius 2 is 1.94 bits per heavy atom. The highest BCUT2D eigenvalue weighted by molar-refractivity contribution is 8.00. The van der Waals surface area contributed by atoms with Crippen LogP contribution in [0.1, 0.15) is 43.3 Å². The standard InChI is InChI=1S/C23H24F3N5O2S/c1-3-6-18-28-29-22-31(18)30-19(14-9-11-17(12-10-14)33-4-2)20(34-22)21(32)27-16-8-5-7-15(13-16)23(24,25)26/h5,7-13,19-20,30H,3-4,6H2,1-2H3,(H,27,32)/t19-,20-/m1/s1. The SMILES string of the molecule is CCCc1nnc2n1N[C@H](c1ccc(OCC)cc1)[C@H](C(=O)Nc1cccc(C(F)(F)F)c1)S2. The molecule has 0 radical (unpaired) electrons. The number of benzene rings is 2. The van der Waals surface area contributed by atoms with Crippen molar-refractivity contribution in [1.82, 2.24) is 14.9 Å². The van der Waals surface area contributed by atoms with Gasteiger partial charge in [-0.2, -0.15) is 13.2 Å². The topological polar surface area (TPSA) is 81.1 Å². The molecule has 180 valence electrons. The zero-order valence-electron chi connectivity index (χ0n) is 18.6. The molecule has 1 aromatic heterocycles. The number of carbonyl (C=O) groups is 1. The van der Waals surface area contributed by atoms with Crippen molar-refractivity contribution in [1.29, 1.82) is 0 Å². The van der Waals surface area contributed by atoms with Crippen LogP contribution in [0, 0.1) is 0 Å². The van der Waals surface area contributed by atoms with Crippen molar-refractivity contribution in [2.45, 2.75) is 49.3 Å². The Labute approximate surface area is 199 Å². The molecule has 2 aromatic carbocycles. The molecule has 0 unspecified atom stereocenters. The molecule has 11 heteroatoms. The summed E-state index contributed by atoms with van der Waals surface area (Å²) in [5.74, 6) is 1.01. The molecule has 7 nitrogen and oxygen atoms in total. The lowest BCUT2D eigenvalue weighted by Crippen LogP contribution is -2.41. The molecule has 34 heavy (non-hydrogen) atoms. The van der Waals surface area contributed by atoms with E-state index in [9.17, 15) is 18.0 Å². The first-order valence-corrected chi connectivity index (χ1v) is 11.8. The maximum absolute atomic E-state index is 13.3. The highest BCUT2D eigenvalue weighted by Gasteiger charge is 2.38. The third-order valence-corrected chi connectivity index (χ3v) is 6.46. The Kier molecular flexibility index (Phi) is 7.01. The van der Waals surface area contributed by atoms with E-state index in [1.807, 2.05) is 38.1 Å². The van der Waals surface area contributed by atoms with Crippen molar-refractivity contribution in [2.75, 3.05) is 17.3 Å². The number of halogens is 3. The fourth-order valence-electron chi connectivity index (χ4n) is 3.66. The number of alkyl halides is 3. The molecule has 0 aliphatic carbocycles. The van der Waals surface area contributed by atoms with Gasteiger partial charge in [-0.3, -0.25) is 4.79 Å². The first kappa shape index (κ1) is 23.9. The van der Waals surface area contributed by atoms with Gasteiger partial charge >= 0.3 is 6.18 Å². The van der Waals surface area contributed by atoms with Crippen LogP contribution in [-0.2, 0) is 17.4 Å². The average Bonchev–Trinajstić information content (AvgIpc) is 3.21. The van der Waals surface area contributed by atoms with Crippen LogP contribution in [-0.4, -0.2) is 32.6 Å². The van der Waals surface area contributed by atoms with E-state index in [0.717, 1.165) is 29.9 Å². The number of thioether (sulfide) groups is 1. The number of aryl methyl sites for hydroxylation is 1. The summed E-state index contributed by atoms with van der Waals surface area (Å²) >= 11 is 1.22. The van der Waals surface area contributed by atoms with E-state index >= 15 is 0 Å². The van der Waals surface area contributed by atoms with Crippen molar-refractivity contribution in [3.05, 3.63) is 65.5 Å². The van der Waals surface area contributed by atoms with Crippen LogP contribution in [0.2, 0.25) is 0 Å². The Balaban J connectivity index is 1.64. The molecule has 0 spiro atoms. The number of carbonyl (C=O) groups excluding carboxylic acids is 1. The van der Waals surface area contributed by atoms with Crippen molar-refractivity contribution >= 4 is 23.4 Å². The number of nitrogens with one attached hydrogen (secondary N) is 2. The number of amides is 1. The third-order valence-electron chi connectivity index (χ3n) is 5.24. The van der Waals surface area contributed by atoms with Crippen LogP contribution in [0.25, 0.3) is 0 Å². The molecule has 0 bridgehead atoms. The van der Waals surface area contributed by atoms with Crippen LogP contribution >= 0.6 is 11.8 Å². The third kappa shape index (κ3) is 5.14. The Hall–Kier alpha value is -3.21. The number of fused-ring (bicyclic) bond motifs is 1. The van der Waals surface area contributed by atoms with Gasteiger partial charge in [0.2, 0.25) is 11.1 Å². The van der Waals surface area contributed by atoms with Crippen LogP contribution < -0.4 is 15.5 Å². The summed E-state index contributed by atoms with van der Waals surface area (Å²) in [5, 5.41) is 10.9. The second-order valence-electron chi connectivity index (χ2n) is 7.70. The number of nitrogens with zero attached hydrogens (tertiary/aromatic N) is 3. The minimum absolute atomic E-state index is 0.0737. The molecule has 3 aromatic rings. The summed E-state index contributed by atoms with van der Waals surface area (Å²) in [4.78, 5) is 13.3. The van der Waals surface area contributed by atoms with Gasteiger partial charge in [-0.15, -0.1) is 10.2 Å². The van der Waals surface area contributed by atoms with Crippen LogP contribution in [0.15, 0.2) is 53.7 Å². The summed E-state index contributed by atoms with van der Waals surface area (Å²) in [6, 6.07) is 11.5. The van der Waals surface area contributed by atoms with Gasteiger partial charge in [0.1, 0.15) is 11.0 Å². The van der Waals surface area contributed by atoms with Crippen molar-refractivity contribution in [2.24, 2.45) is 0 Å². The zero-order valence-corrected chi connectivity index (χ0v) is 19.4. The number of rotatable bonds is 7. The average molecular weight is 492 g/mol. The first-order valence-electron chi connectivity index (χ1n) is 10.9. The Morgan fingerprint density at radius 1 is 1.18 bits per heavy atom. The van der Waals surface area contributed by atoms with E-state index in [1.165, 1.54) is 23.9 Å². The normalized spacial score (nSPS) is 17.6. The number of hydrogen-bond acceptors (Lipinski definition) is 6. The van der Waals surface area contributed by atoms with E-state index in [2.05, 4.69) is 20.9 Å². The summed E-state index contributed by atoms with van der Waals surface area (Å²) in [6.07, 6.45) is -2.92. The molecule has 2 atom stereocenters. The first-order chi connectivity index (χ1) is 16.3. The van der Waals surface area contributed by atoms with E-state index in [0.29, 0.717) is 23.9 Å². The minimum atomic E-state index is -4.50. The summed E-state index contributed by atoms with van der Waals surface area (Å²) < 4.78 is 46.6. The molecule has 2 N–H and O–H groups in total. The lowest BCUT2D eigenvalue weighted by molar-refractivity contribution is -0.137. The smallest absolute Gasteiger partial charge is 0.416 e. The summed E-state index contributed by atoms with van der Waals surface area (Å²) in [7, 11) is 0. The molecule has 1 amide bonds. The van der Waals surface area contributed by atoms with Gasteiger partial charge in [-0.05, 0) is 49.2 Å². The number of hydrogen-bond donors (Lipinski definition) is 2. The molecule has 1 aliphatic rings. The van der Waals surface area contributed by atoms with E-state index in [1.54, 1.807) is 4.68 Å². The van der Waals surface area contributed by atoms with Gasteiger partial charge in [0.05, 0.1) is 18.2 Å². The second kappa shape index (κ2) is 9.96. The highest BCUT2D eigenvalue weighted by Crippen LogP contribution is 2.38. The predicted molar refractivity (Wildman–Crippen MR) is 123 cm³/mol. The maximum atomic E-state index is 13.3.